The van der Waals surface area contributed by atoms with E-state index in [1.54, 1.807) is 0 Å². The maximum Gasteiger partial charge on any atom is 0.111 e. The minimum atomic E-state index is 0.987. The molecule has 0 radical (unpaired) electrons. The summed E-state index contributed by atoms with van der Waals surface area (Å²) in [6.07, 6.45) is 3.73. The van der Waals surface area contributed by atoms with Crippen LogP contribution in [-0.2, 0) is 0 Å². The van der Waals surface area contributed by atoms with Crippen LogP contribution >= 0.6 is 0 Å². The van der Waals surface area contributed by atoms with E-state index in [1.807, 2.05) is 24.5 Å². The number of para-hydroxylation sites is 1. The number of aromatic nitrogens is 3. The summed E-state index contributed by atoms with van der Waals surface area (Å²) in [5.74, 6) is 0.987. The summed E-state index contributed by atoms with van der Waals surface area (Å²) in [4.78, 5) is 9.11. The van der Waals surface area contributed by atoms with Crippen LogP contribution in [0.25, 0.3) is 192 Å². The molecule has 2 aromatic heterocycles. The predicted octanol–water partition coefficient (Wildman–Crippen LogP) is 28.7. The van der Waals surface area contributed by atoms with Crippen molar-refractivity contribution in [3.63, 3.8) is 0 Å². The van der Waals surface area contributed by atoms with Gasteiger partial charge in [0.2, 0.25) is 0 Å². The van der Waals surface area contributed by atoms with Gasteiger partial charge in [-0.2, -0.15) is 0 Å². The SMILES string of the molecule is Cc1nc2ccc(-c3ccc(-c4c5ccccc5c(-c5ccccc5)c5ccccc45)cc3)cc2n1-c1ccccc1.c1ccc(-c2c3ccccc3c(-c3ccc4ccccc4c3)c3ccccc23)cc1.c1cncc(-c2ccc(-c3c4ccccc4c(-c4ccc5ccccc5c4)c4ccccc34)cc2)c1. The molecule has 19 aromatic carbocycles. The van der Waals surface area contributed by atoms with Crippen LogP contribution in [0.15, 0.2) is 413 Å². The molecule has 506 valence electrons. The molecule has 0 spiro atoms. The molecule has 0 amide bonds. The van der Waals surface area contributed by atoms with Gasteiger partial charge in [-0.3, -0.25) is 9.55 Å². The molecule has 0 aliphatic rings. The number of imidazole rings is 1. The maximum absolute atomic E-state index is 4.83. The quantitative estimate of drug-likeness (QED) is 0.135. The largest absolute Gasteiger partial charge is 0.297 e. The fraction of sp³-hybridized carbons (Fsp3) is 0.00952. The molecule has 108 heavy (non-hydrogen) atoms. The topological polar surface area (TPSA) is 30.7 Å². The standard InChI is InChI=1S/C40H28N2.C35H23N.C30H20/c1-27-41-37-25-24-31(26-38(37)42(27)32-14-6-3-7-15-32)28-20-22-30(23-21-28)40-35-18-10-8-16-33(35)39(29-12-4-2-5-13-29)34-17-9-11-19-36(34)40;1-2-9-27-22-28(20-17-24(27)8-1)35-32-13-5-3-11-30(32)34(31-12-4-6-14-33(31)35)26-18-15-25(16-19-26)29-10-7-21-36-23-29;1-2-11-22(12-3-1)29-25-14-6-8-16-27(25)30(28-17-9-7-15-26(28)29)24-19-18-21-10-4-5-13-23(21)20-24/h2-26H,1H3;1-23H;1-20H. The third kappa shape index (κ3) is 11.9. The zero-order valence-electron chi connectivity index (χ0n) is 59.6. The van der Waals surface area contributed by atoms with Crippen molar-refractivity contribution in [2.75, 3.05) is 0 Å². The number of aryl methyl sites for hydroxylation is 1. The molecule has 3 nitrogen and oxygen atoms in total. The number of nitrogens with zero attached hydrogens (tertiary/aromatic N) is 3. The van der Waals surface area contributed by atoms with Gasteiger partial charge >= 0.3 is 0 Å². The Morgan fingerprint density at radius 1 is 0.204 bits per heavy atom. The van der Waals surface area contributed by atoms with Crippen LogP contribution in [0.2, 0.25) is 0 Å². The summed E-state index contributed by atoms with van der Waals surface area (Å²) in [6, 6.07) is 144. The van der Waals surface area contributed by atoms with Crippen LogP contribution in [0.5, 0.6) is 0 Å². The fourth-order valence-electron chi connectivity index (χ4n) is 16.6. The van der Waals surface area contributed by atoms with Crippen LogP contribution in [0.1, 0.15) is 5.82 Å². The number of benzene rings is 19. The number of pyridine rings is 1. The minimum absolute atomic E-state index is 0.987. The molecule has 3 heteroatoms. The van der Waals surface area contributed by atoms with Crippen molar-refractivity contribution in [2.24, 2.45) is 0 Å². The maximum atomic E-state index is 4.83. The second-order valence-corrected chi connectivity index (χ2v) is 27.8. The molecule has 0 fully saturated rings. The highest BCUT2D eigenvalue weighted by atomic mass is 15.1. The Morgan fingerprint density at radius 2 is 0.481 bits per heavy atom. The highest BCUT2D eigenvalue weighted by Gasteiger charge is 2.21. The molecular weight excluding hydrogens is 1300 g/mol. The van der Waals surface area contributed by atoms with Gasteiger partial charge in [0.25, 0.3) is 0 Å². The van der Waals surface area contributed by atoms with Crippen molar-refractivity contribution in [3.05, 3.63) is 419 Å². The van der Waals surface area contributed by atoms with Crippen LogP contribution in [0.3, 0.4) is 0 Å². The first-order valence-electron chi connectivity index (χ1n) is 37.1. The summed E-state index contributed by atoms with van der Waals surface area (Å²) in [5.41, 5.74) is 23.2. The van der Waals surface area contributed by atoms with Gasteiger partial charge in [0.15, 0.2) is 0 Å². The highest BCUT2D eigenvalue weighted by Crippen LogP contribution is 2.48. The zero-order chi connectivity index (χ0) is 71.9. The smallest absolute Gasteiger partial charge is 0.111 e. The fourth-order valence-corrected chi connectivity index (χ4v) is 16.6. The molecule has 21 aromatic rings. The Balaban J connectivity index is 0.000000112. The lowest BCUT2D eigenvalue weighted by molar-refractivity contribution is 1.00. The van der Waals surface area contributed by atoms with Crippen molar-refractivity contribution in [2.45, 2.75) is 6.92 Å². The normalized spacial score (nSPS) is 11.4. The van der Waals surface area contributed by atoms with Crippen LogP contribution in [0, 0.1) is 6.92 Å². The lowest BCUT2D eigenvalue weighted by Gasteiger charge is -2.18. The molecule has 2 heterocycles. The van der Waals surface area contributed by atoms with Crippen molar-refractivity contribution < 1.29 is 0 Å². The van der Waals surface area contributed by atoms with Gasteiger partial charge in [0, 0.05) is 18.1 Å². The molecule has 0 atom stereocenters. The number of fused-ring (bicyclic) bond motifs is 9. The summed E-state index contributed by atoms with van der Waals surface area (Å²) in [7, 11) is 0. The molecule has 0 unspecified atom stereocenters. The van der Waals surface area contributed by atoms with Gasteiger partial charge < -0.3 is 0 Å². The lowest BCUT2D eigenvalue weighted by atomic mass is 9.85. The third-order valence-electron chi connectivity index (χ3n) is 21.5. The monoisotopic (exact) mass is 1370 g/mol. The average Bonchev–Trinajstić information content (AvgIpc) is 0.920. The lowest BCUT2D eigenvalue weighted by Crippen LogP contribution is -1.96. The second-order valence-electron chi connectivity index (χ2n) is 27.8. The van der Waals surface area contributed by atoms with Crippen LogP contribution in [0.4, 0.5) is 0 Å². The van der Waals surface area contributed by atoms with E-state index >= 15 is 0 Å². The zero-order valence-corrected chi connectivity index (χ0v) is 59.6. The van der Waals surface area contributed by atoms with E-state index in [4.69, 9.17) is 4.98 Å². The molecule has 0 N–H and O–H groups in total. The van der Waals surface area contributed by atoms with Crippen molar-refractivity contribution >= 4 is 97.2 Å². The summed E-state index contributed by atoms with van der Waals surface area (Å²) < 4.78 is 2.24. The van der Waals surface area contributed by atoms with Crippen molar-refractivity contribution in [1.82, 2.24) is 14.5 Å². The average molecular weight is 1370 g/mol. The van der Waals surface area contributed by atoms with Gasteiger partial charge in [-0.25, -0.2) is 4.98 Å². The molecule has 0 aliphatic heterocycles. The van der Waals surface area contributed by atoms with E-state index < -0.39 is 0 Å². The first-order chi connectivity index (χ1) is 53.5. The van der Waals surface area contributed by atoms with E-state index in [0.717, 1.165) is 28.1 Å². The number of hydrogen-bond donors (Lipinski definition) is 0. The Kier molecular flexibility index (Phi) is 16.9. The summed E-state index contributed by atoms with van der Waals surface area (Å²) in [6.45, 7) is 2.07. The summed E-state index contributed by atoms with van der Waals surface area (Å²) in [5, 5.41) is 20.4. The molecule has 0 bridgehead atoms. The Labute approximate surface area is 627 Å². The van der Waals surface area contributed by atoms with Crippen LogP contribution < -0.4 is 0 Å². The Morgan fingerprint density at radius 3 is 0.843 bits per heavy atom. The highest BCUT2D eigenvalue weighted by molar-refractivity contribution is 6.24. The van der Waals surface area contributed by atoms with Gasteiger partial charge in [0.1, 0.15) is 5.82 Å². The Bertz CT molecular complexity index is 6770. The van der Waals surface area contributed by atoms with E-state index in [0.29, 0.717) is 0 Å². The van der Waals surface area contributed by atoms with Gasteiger partial charge in [-0.1, -0.05) is 358 Å². The van der Waals surface area contributed by atoms with Crippen molar-refractivity contribution in [1.29, 1.82) is 0 Å². The van der Waals surface area contributed by atoms with Crippen molar-refractivity contribution in [3.8, 4) is 94.7 Å². The molecular formula is C105H71N3. The van der Waals surface area contributed by atoms with Gasteiger partial charge in [-0.15, -0.1) is 0 Å². The molecule has 21 rings (SSSR count). The van der Waals surface area contributed by atoms with E-state index in [-0.39, 0.29) is 0 Å². The number of rotatable bonds is 9. The minimum Gasteiger partial charge on any atom is -0.297 e. The first kappa shape index (κ1) is 64.7. The van der Waals surface area contributed by atoms with Gasteiger partial charge in [0.05, 0.1) is 11.0 Å². The van der Waals surface area contributed by atoms with E-state index in [2.05, 4.69) is 405 Å². The molecule has 0 saturated heterocycles. The number of hydrogen-bond acceptors (Lipinski definition) is 2. The third-order valence-corrected chi connectivity index (χ3v) is 21.5. The summed E-state index contributed by atoms with van der Waals surface area (Å²) >= 11 is 0. The second kappa shape index (κ2) is 28.2. The van der Waals surface area contributed by atoms with E-state index in [1.165, 1.54) is 170 Å². The van der Waals surface area contributed by atoms with Gasteiger partial charge in [-0.05, 0) is 225 Å². The molecule has 0 saturated carbocycles. The Hall–Kier alpha value is -14.1. The predicted molar refractivity (Wildman–Crippen MR) is 460 cm³/mol. The van der Waals surface area contributed by atoms with E-state index in [9.17, 15) is 0 Å². The molecule has 0 aliphatic carbocycles. The first-order valence-corrected chi connectivity index (χ1v) is 37.1. The van der Waals surface area contributed by atoms with Crippen LogP contribution in [-0.4, -0.2) is 14.5 Å².